The van der Waals surface area contributed by atoms with Crippen LogP contribution in [0, 0.1) is 16.0 Å². The van der Waals surface area contributed by atoms with Crippen LogP contribution in [0.5, 0.6) is 0 Å². The zero-order chi connectivity index (χ0) is 20.3. The molecule has 0 saturated carbocycles. The number of nitro groups is 1. The van der Waals surface area contributed by atoms with Crippen LogP contribution in [0.3, 0.4) is 0 Å². The van der Waals surface area contributed by atoms with Crippen molar-refractivity contribution in [2.75, 3.05) is 5.73 Å². The molecule has 0 bridgehead atoms. The van der Waals surface area contributed by atoms with E-state index in [4.69, 9.17) is 5.73 Å². The number of hydrogen-bond acceptors (Lipinski definition) is 10. The molecule has 2 heterocycles. The van der Waals surface area contributed by atoms with Crippen LogP contribution in [0.25, 0.3) is 17.1 Å². The van der Waals surface area contributed by atoms with Crippen LogP contribution in [0.15, 0.2) is 34.0 Å². The fourth-order valence-corrected chi connectivity index (χ4v) is 2.24. The maximum Gasteiger partial charge on any atom is 0.294 e. The monoisotopic (exact) mass is 385 g/mol. The van der Waals surface area contributed by atoms with Crippen molar-refractivity contribution in [1.82, 2.24) is 30.7 Å². The quantitative estimate of drug-likeness (QED) is 0.357. The van der Waals surface area contributed by atoms with Gasteiger partial charge in [0.25, 0.3) is 11.6 Å². The molecule has 3 aromatic rings. The molecule has 0 fully saturated rings. The van der Waals surface area contributed by atoms with Gasteiger partial charge in [0.15, 0.2) is 5.69 Å². The van der Waals surface area contributed by atoms with Crippen LogP contribution < -0.4 is 11.2 Å². The Morgan fingerprint density at radius 2 is 2.21 bits per heavy atom. The van der Waals surface area contributed by atoms with E-state index >= 15 is 0 Å². The minimum absolute atomic E-state index is 0.0151. The summed E-state index contributed by atoms with van der Waals surface area (Å²) >= 11 is 0. The minimum Gasteiger partial charge on any atom is -0.378 e. The number of non-ortho nitro benzene ring substituents is 1. The molecule has 0 unspecified atom stereocenters. The zero-order valence-corrected chi connectivity index (χ0v) is 14.8. The van der Waals surface area contributed by atoms with Gasteiger partial charge >= 0.3 is 0 Å². The number of nitrogens with two attached hydrogens (primary N) is 1. The second kappa shape index (κ2) is 7.61. The average molecular weight is 385 g/mol. The molecule has 2 aromatic heterocycles. The van der Waals surface area contributed by atoms with E-state index in [0.29, 0.717) is 5.56 Å². The molecule has 0 aliphatic carbocycles. The molecule has 0 spiro atoms. The van der Waals surface area contributed by atoms with Crippen LogP contribution in [0.4, 0.5) is 11.5 Å². The van der Waals surface area contributed by atoms with Gasteiger partial charge in [-0.1, -0.05) is 31.2 Å². The Morgan fingerprint density at radius 3 is 2.86 bits per heavy atom. The van der Waals surface area contributed by atoms with E-state index in [-0.39, 0.29) is 34.6 Å². The standard InChI is InChI=1S/C15H15N9O4/c1-8(2)7-17-19-15(25)11-12(9-4-3-5-10(6-9)24(26)27)23(22-18-11)14-13(16)20-28-21-14/h3-8H,1-2H3,(H2,16,20)(H,19,25). The van der Waals surface area contributed by atoms with E-state index in [9.17, 15) is 14.9 Å². The number of amides is 1. The summed E-state index contributed by atoms with van der Waals surface area (Å²) in [6.45, 7) is 3.78. The van der Waals surface area contributed by atoms with Crippen LogP contribution in [-0.2, 0) is 0 Å². The highest BCUT2D eigenvalue weighted by Gasteiger charge is 2.26. The molecule has 1 amide bonds. The van der Waals surface area contributed by atoms with Gasteiger partial charge in [-0.3, -0.25) is 14.9 Å². The Kier molecular flexibility index (Phi) is 5.06. The second-order valence-corrected chi connectivity index (χ2v) is 5.94. The number of nitrogen functional groups attached to an aromatic ring is 1. The van der Waals surface area contributed by atoms with Crippen molar-refractivity contribution < 1.29 is 14.3 Å². The van der Waals surface area contributed by atoms with E-state index in [1.165, 1.54) is 24.4 Å². The number of aromatic nitrogens is 5. The molecule has 144 valence electrons. The van der Waals surface area contributed by atoms with Crippen LogP contribution in [0.1, 0.15) is 24.3 Å². The molecule has 28 heavy (non-hydrogen) atoms. The highest BCUT2D eigenvalue weighted by molar-refractivity contribution is 5.98. The lowest BCUT2D eigenvalue weighted by Gasteiger charge is -2.06. The molecule has 0 aliphatic rings. The number of carbonyl (C=O) groups excluding carboxylic acids is 1. The van der Waals surface area contributed by atoms with Crippen molar-refractivity contribution in [3.05, 3.63) is 40.1 Å². The van der Waals surface area contributed by atoms with Gasteiger partial charge in [0.05, 0.1) is 4.92 Å². The summed E-state index contributed by atoms with van der Waals surface area (Å²) < 4.78 is 5.68. The second-order valence-electron chi connectivity index (χ2n) is 5.94. The fourth-order valence-electron chi connectivity index (χ4n) is 2.24. The lowest BCUT2D eigenvalue weighted by molar-refractivity contribution is -0.384. The molecule has 0 atom stereocenters. The molecule has 1 aromatic carbocycles. The number of anilines is 1. The van der Waals surface area contributed by atoms with E-state index < -0.39 is 10.8 Å². The first-order valence-electron chi connectivity index (χ1n) is 8.01. The summed E-state index contributed by atoms with van der Waals surface area (Å²) in [5, 5.41) is 29.8. The molecular weight excluding hydrogens is 370 g/mol. The van der Waals surface area contributed by atoms with Crippen molar-refractivity contribution >= 4 is 23.6 Å². The van der Waals surface area contributed by atoms with Gasteiger partial charge in [-0.05, 0) is 16.2 Å². The number of rotatable bonds is 6. The van der Waals surface area contributed by atoms with Crippen LogP contribution in [0.2, 0.25) is 0 Å². The van der Waals surface area contributed by atoms with Gasteiger partial charge in [0.1, 0.15) is 5.69 Å². The molecule has 13 nitrogen and oxygen atoms in total. The molecule has 0 aliphatic heterocycles. The third-order valence-corrected chi connectivity index (χ3v) is 3.45. The van der Waals surface area contributed by atoms with Gasteiger partial charge in [0.2, 0.25) is 11.6 Å². The summed E-state index contributed by atoms with van der Waals surface area (Å²) in [5.41, 5.74) is 8.14. The number of hydrogen-bond donors (Lipinski definition) is 2. The number of nitrogens with one attached hydrogen (secondary N) is 1. The Morgan fingerprint density at radius 1 is 1.43 bits per heavy atom. The van der Waals surface area contributed by atoms with E-state index in [2.05, 4.69) is 35.8 Å². The normalized spacial score (nSPS) is 11.2. The Balaban J connectivity index is 2.13. The predicted octanol–water partition coefficient (Wildman–Crippen LogP) is 1.18. The Bertz CT molecular complexity index is 1050. The van der Waals surface area contributed by atoms with Gasteiger partial charge in [0, 0.05) is 23.9 Å². The van der Waals surface area contributed by atoms with Gasteiger partial charge < -0.3 is 5.73 Å². The summed E-state index contributed by atoms with van der Waals surface area (Å²) in [5.74, 6) is -0.659. The molecule has 0 radical (unpaired) electrons. The number of hydrazone groups is 1. The van der Waals surface area contributed by atoms with Gasteiger partial charge in [-0.15, -0.1) is 5.10 Å². The minimum atomic E-state index is -0.667. The molecular formula is C15H15N9O4. The summed E-state index contributed by atoms with van der Waals surface area (Å²) in [6.07, 6.45) is 1.54. The molecule has 0 saturated heterocycles. The van der Waals surface area contributed by atoms with Crippen LogP contribution in [-0.4, -0.2) is 42.4 Å². The number of nitro benzene ring substituents is 1. The van der Waals surface area contributed by atoms with Crippen molar-refractivity contribution in [2.45, 2.75) is 13.8 Å². The van der Waals surface area contributed by atoms with Gasteiger partial charge in [-0.25, -0.2) is 10.1 Å². The van der Waals surface area contributed by atoms with E-state index in [0.717, 1.165) is 4.68 Å². The van der Waals surface area contributed by atoms with Crippen molar-refractivity contribution in [3.8, 4) is 17.1 Å². The fraction of sp³-hybridized carbons (Fsp3) is 0.200. The third-order valence-electron chi connectivity index (χ3n) is 3.45. The summed E-state index contributed by atoms with van der Waals surface area (Å²) in [6, 6.07) is 5.61. The topological polar surface area (TPSA) is 180 Å². The Hall–Kier alpha value is -4.16. The summed E-state index contributed by atoms with van der Waals surface area (Å²) in [7, 11) is 0. The van der Waals surface area contributed by atoms with Gasteiger partial charge in [-0.2, -0.15) is 9.78 Å². The average Bonchev–Trinajstić information content (AvgIpc) is 3.27. The smallest absolute Gasteiger partial charge is 0.294 e. The Labute approximate surface area is 157 Å². The van der Waals surface area contributed by atoms with Crippen molar-refractivity contribution in [1.29, 1.82) is 0 Å². The lowest BCUT2D eigenvalue weighted by Crippen LogP contribution is -2.19. The number of nitrogens with zero attached hydrogens (tertiary/aromatic N) is 7. The largest absolute Gasteiger partial charge is 0.378 e. The summed E-state index contributed by atoms with van der Waals surface area (Å²) in [4.78, 5) is 23.1. The highest BCUT2D eigenvalue weighted by Crippen LogP contribution is 2.28. The molecule has 13 heteroatoms. The third kappa shape index (κ3) is 3.67. The first-order chi connectivity index (χ1) is 13.4. The van der Waals surface area contributed by atoms with Crippen LogP contribution >= 0.6 is 0 Å². The zero-order valence-electron chi connectivity index (χ0n) is 14.8. The predicted molar refractivity (Wildman–Crippen MR) is 96.5 cm³/mol. The number of carbonyl (C=O) groups is 1. The van der Waals surface area contributed by atoms with Crippen molar-refractivity contribution in [3.63, 3.8) is 0 Å². The highest BCUT2D eigenvalue weighted by atomic mass is 16.6. The van der Waals surface area contributed by atoms with Crippen molar-refractivity contribution in [2.24, 2.45) is 11.0 Å². The maximum atomic E-state index is 12.5. The van der Waals surface area contributed by atoms with E-state index in [1.54, 1.807) is 6.07 Å². The first-order valence-corrected chi connectivity index (χ1v) is 8.01. The van der Waals surface area contributed by atoms with E-state index in [1.807, 2.05) is 13.8 Å². The molecule has 3 N–H and O–H groups in total. The lowest BCUT2D eigenvalue weighted by atomic mass is 10.1. The number of benzene rings is 1. The SMILES string of the molecule is CC(C)C=NNC(=O)c1nnn(-c2nonc2N)c1-c1cccc([N+](=O)[O-])c1. The maximum absolute atomic E-state index is 12.5. The molecule has 3 rings (SSSR count). The first kappa shape index (κ1) is 18.6.